The quantitative estimate of drug-likeness (QED) is 0.583. The number of halogens is 1. The zero-order valence-corrected chi connectivity index (χ0v) is 13.2. The van der Waals surface area contributed by atoms with E-state index in [-0.39, 0.29) is 5.97 Å². The summed E-state index contributed by atoms with van der Waals surface area (Å²) in [6.45, 7) is 4.88. The van der Waals surface area contributed by atoms with E-state index in [0.717, 1.165) is 22.7 Å². The predicted octanol–water partition coefficient (Wildman–Crippen LogP) is 2.86. The van der Waals surface area contributed by atoms with Gasteiger partial charge in [-0.1, -0.05) is 0 Å². The number of carbonyl (C=O) groups is 1. The maximum atomic E-state index is 11.4. The zero-order valence-electron chi connectivity index (χ0n) is 12.4. The summed E-state index contributed by atoms with van der Waals surface area (Å²) in [4.78, 5) is 20.5. The highest BCUT2D eigenvalue weighted by atomic mass is 35.5. The highest BCUT2D eigenvalue weighted by Gasteiger charge is 2.12. The molecule has 6 heteroatoms. The van der Waals surface area contributed by atoms with Crippen LogP contribution in [0.3, 0.4) is 0 Å². The first kappa shape index (κ1) is 15.8. The molecule has 2 heterocycles. The van der Waals surface area contributed by atoms with E-state index in [1.807, 2.05) is 26.0 Å². The lowest BCUT2D eigenvalue weighted by Crippen LogP contribution is -2.09. The second-order valence-corrected chi connectivity index (χ2v) is 5.20. The van der Waals surface area contributed by atoms with Gasteiger partial charge >= 0.3 is 5.97 Å². The average Bonchev–Trinajstić information content (AvgIpc) is 2.77. The number of hydrogen-bond donors (Lipinski definition) is 0. The van der Waals surface area contributed by atoms with Gasteiger partial charge in [0, 0.05) is 31.0 Å². The Labute approximate surface area is 129 Å². The summed E-state index contributed by atoms with van der Waals surface area (Å²) in [7, 11) is 0. The van der Waals surface area contributed by atoms with Crippen molar-refractivity contribution in [2.24, 2.45) is 0 Å². The maximum absolute atomic E-state index is 11.4. The van der Waals surface area contributed by atoms with E-state index in [9.17, 15) is 4.79 Å². The van der Waals surface area contributed by atoms with Crippen molar-refractivity contribution >= 4 is 28.7 Å². The van der Waals surface area contributed by atoms with E-state index in [0.29, 0.717) is 38.3 Å². The molecule has 0 aromatic carbocycles. The molecule has 2 aromatic rings. The first-order chi connectivity index (χ1) is 10.2. The van der Waals surface area contributed by atoms with E-state index in [2.05, 4.69) is 14.5 Å². The number of rotatable bonds is 7. The molecule has 5 nitrogen and oxygen atoms in total. The Hall–Kier alpha value is -1.62. The van der Waals surface area contributed by atoms with Crippen molar-refractivity contribution in [3.05, 3.63) is 23.7 Å². The molecular formula is C15H20ClN3O2. The molecule has 2 aromatic heterocycles. The summed E-state index contributed by atoms with van der Waals surface area (Å²) < 4.78 is 7.00. The van der Waals surface area contributed by atoms with Crippen molar-refractivity contribution in [2.45, 2.75) is 39.7 Å². The lowest BCUT2D eigenvalue weighted by molar-refractivity contribution is -0.143. The Morgan fingerprint density at radius 1 is 1.38 bits per heavy atom. The highest BCUT2D eigenvalue weighted by Crippen LogP contribution is 2.17. The fraction of sp³-hybridized carbons (Fsp3) is 0.533. The largest absolute Gasteiger partial charge is 0.466 e. The molecule has 0 unspecified atom stereocenters. The zero-order chi connectivity index (χ0) is 15.2. The third-order valence-electron chi connectivity index (χ3n) is 3.20. The van der Waals surface area contributed by atoms with E-state index in [1.165, 1.54) is 0 Å². The molecule has 0 aliphatic heterocycles. The number of alkyl halides is 1. The Balaban J connectivity index is 2.17. The minimum Gasteiger partial charge on any atom is -0.466 e. The standard InChI is InChI=1S/C15H20ClN3O2/c1-3-21-14(20)5-4-10-19-13(8-9-16)18-12-7-6-11(2)17-15(12)19/h6-7H,3-5,8-10H2,1-2H3. The van der Waals surface area contributed by atoms with Crippen molar-refractivity contribution in [1.29, 1.82) is 0 Å². The Kier molecular flexibility index (Phi) is 5.56. The van der Waals surface area contributed by atoms with Crippen LogP contribution >= 0.6 is 11.6 Å². The third-order valence-corrected chi connectivity index (χ3v) is 3.39. The second kappa shape index (κ2) is 7.41. The van der Waals surface area contributed by atoms with Crippen LogP contribution in [0.4, 0.5) is 0 Å². The molecule has 0 aliphatic rings. The molecule has 114 valence electrons. The lowest BCUT2D eigenvalue weighted by atomic mass is 10.3. The Morgan fingerprint density at radius 2 is 2.19 bits per heavy atom. The second-order valence-electron chi connectivity index (χ2n) is 4.82. The molecule has 0 amide bonds. The first-order valence-electron chi connectivity index (χ1n) is 7.20. The topological polar surface area (TPSA) is 57.0 Å². The van der Waals surface area contributed by atoms with E-state index >= 15 is 0 Å². The van der Waals surface area contributed by atoms with Gasteiger partial charge in [-0.3, -0.25) is 4.79 Å². The minimum atomic E-state index is -0.162. The number of aromatic nitrogens is 3. The van der Waals surface area contributed by atoms with Gasteiger partial charge in [-0.25, -0.2) is 9.97 Å². The molecule has 0 aliphatic carbocycles. The van der Waals surface area contributed by atoms with Crippen molar-refractivity contribution in [2.75, 3.05) is 12.5 Å². The van der Waals surface area contributed by atoms with Crippen LogP contribution in [0.25, 0.3) is 11.2 Å². The van der Waals surface area contributed by atoms with Gasteiger partial charge in [0.2, 0.25) is 0 Å². The summed E-state index contributed by atoms with van der Waals surface area (Å²) in [5.41, 5.74) is 2.68. The van der Waals surface area contributed by atoms with Crippen LogP contribution in [0.1, 0.15) is 31.3 Å². The number of imidazole rings is 1. The molecule has 0 radical (unpaired) electrons. The van der Waals surface area contributed by atoms with Gasteiger partial charge in [-0.2, -0.15) is 0 Å². The molecule has 21 heavy (non-hydrogen) atoms. The smallest absolute Gasteiger partial charge is 0.305 e. The molecule has 0 fully saturated rings. The van der Waals surface area contributed by atoms with E-state index < -0.39 is 0 Å². The first-order valence-corrected chi connectivity index (χ1v) is 7.73. The molecule has 0 N–H and O–H groups in total. The summed E-state index contributed by atoms with van der Waals surface area (Å²) >= 11 is 5.84. The molecule has 2 rings (SSSR count). The average molecular weight is 310 g/mol. The molecule has 0 atom stereocenters. The van der Waals surface area contributed by atoms with Crippen molar-refractivity contribution in [3.63, 3.8) is 0 Å². The molecule has 0 bridgehead atoms. The molecular weight excluding hydrogens is 290 g/mol. The van der Waals surface area contributed by atoms with Crippen molar-refractivity contribution in [3.8, 4) is 0 Å². The van der Waals surface area contributed by atoms with Crippen LogP contribution in [0, 0.1) is 6.92 Å². The fourth-order valence-corrected chi connectivity index (χ4v) is 2.44. The number of aryl methyl sites for hydroxylation is 3. The van der Waals surface area contributed by atoms with E-state index in [4.69, 9.17) is 16.3 Å². The fourth-order valence-electron chi connectivity index (χ4n) is 2.27. The van der Waals surface area contributed by atoms with Crippen molar-refractivity contribution in [1.82, 2.24) is 14.5 Å². The van der Waals surface area contributed by atoms with Crippen LogP contribution in [-0.2, 0) is 22.5 Å². The van der Waals surface area contributed by atoms with Crippen molar-refractivity contribution < 1.29 is 9.53 Å². The highest BCUT2D eigenvalue weighted by molar-refractivity contribution is 6.17. The van der Waals surface area contributed by atoms with E-state index in [1.54, 1.807) is 0 Å². The molecule has 0 spiro atoms. The minimum absolute atomic E-state index is 0.162. The normalized spacial score (nSPS) is 11.0. The summed E-state index contributed by atoms with van der Waals surface area (Å²) in [6, 6.07) is 3.92. The number of ether oxygens (including phenoxy) is 1. The Bertz CT molecular complexity index is 625. The summed E-state index contributed by atoms with van der Waals surface area (Å²) in [5, 5.41) is 0. The molecule has 0 saturated heterocycles. The predicted molar refractivity (Wildman–Crippen MR) is 82.6 cm³/mol. The lowest BCUT2D eigenvalue weighted by Gasteiger charge is -2.08. The number of pyridine rings is 1. The van der Waals surface area contributed by atoms with Crippen LogP contribution in [0.15, 0.2) is 12.1 Å². The number of hydrogen-bond acceptors (Lipinski definition) is 4. The van der Waals surface area contributed by atoms with Crippen LogP contribution < -0.4 is 0 Å². The van der Waals surface area contributed by atoms with Gasteiger partial charge in [0.15, 0.2) is 5.65 Å². The van der Waals surface area contributed by atoms with Gasteiger partial charge in [0.25, 0.3) is 0 Å². The number of carbonyl (C=O) groups excluding carboxylic acids is 1. The van der Waals surface area contributed by atoms with Crippen LogP contribution in [0.5, 0.6) is 0 Å². The molecule has 0 saturated carbocycles. The van der Waals surface area contributed by atoms with Crippen LogP contribution in [0.2, 0.25) is 0 Å². The summed E-state index contributed by atoms with van der Waals surface area (Å²) in [6.07, 6.45) is 1.80. The SMILES string of the molecule is CCOC(=O)CCCn1c(CCCl)nc2ccc(C)nc21. The van der Waals surface area contributed by atoms with Crippen LogP contribution in [-0.4, -0.2) is 33.0 Å². The summed E-state index contributed by atoms with van der Waals surface area (Å²) in [5.74, 6) is 1.27. The van der Waals surface area contributed by atoms with Gasteiger partial charge in [-0.15, -0.1) is 11.6 Å². The number of esters is 1. The Morgan fingerprint density at radius 3 is 2.90 bits per heavy atom. The van der Waals surface area contributed by atoms with Gasteiger partial charge < -0.3 is 9.30 Å². The van der Waals surface area contributed by atoms with Gasteiger partial charge in [0.1, 0.15) is 11.3 Å². The third kappa shape index (κ3) is 3.94. The maximum Gasteiger partial charge on any atom is 0.305 e. The number of fused-ring (bicyclic) bond motifs is 1. The van der Waals surface area contributed by atoms with Gasteiger partial charge in [0.05, 0.1) is 6.61 Å². The van der Waals surface area contributed by atoms with Gasteiger partial charge in [-0.05, 0) is 32.4 Å². The number of nitrogens with zero attached hydrogens (tertiary/aromatic N) is 3. The monoisotopic (exact) mass is 309 g/mol.